The molecule has 0 amide bonds. The van der Waals surface area contributed by atoms with Gasteiger partial charge >= 0.3 is 0 Å². The first-order valence-electron chi connectivity index (χ1n) is 7.44. The van der Waals surface area contributed by atoms with Crippen molar-refractivity contribution in [1.29, 1.82) is 0 Å². The topological polar surface area (TPSA) is 57.9 Å². The molecule has 0 aliphatic rings. The molecule has 0 unspecified atom stereocenters. The van der Waals surface area contributed by atoms with Gasteiger partial charge in [0.2, 0.25) is 5.95 Å². The van der Waals surface area contributed by atoms with E-state index in [1.54, 1.807) is 11.3 Å². The molecule has 0 atom stereocenters. The standard InChI is InChI=1S/C15H17BrF2N4S2.2ClH/c1-8-11(24-13(12(8)16)14(17)18)5-22(4-2-3-19)15-20-9-6-23-7-10(9)21-15;;/h6-7,14H,2-5,19H2,1H3,(H,20,21);2*1H. The molecule has 3 aromatic rings. The number of hydrogen-bond acceptors (Lipinski definition) is 5. The van der Waals surface area contributed by atoms with Crippen molar-refractivity contribution in [2.24, 2.45) is 5.73 Å². The molecule has 0 saturated heterocycles. The van der Waals surface area contributed by atoms with Gasteiger partial charge in [-0.1, -0.05) is 0 Å². The molecule has 0 bridgehead atoms. The third-order valence-corrected chi connectivity index (χ3v) is 7.08. The molecular formula is C15H19BrCl2F2N4S2. The van der Waals surface area contributed by atoms with Gasteiger partial charge in [0.1, 0.15) is 5.52 Å². The molecule has 3 aromatic heterocycles. The van der Waals surface area contributed by atoms with E-state index in [1.165, 1.54) is 0 Å². The summed E-state index contributed by atoms with van der Waals surface area (Å²) in [6, 6.07) is 0. The van der Waals surface area contributed by atoms with E-state index in [1.807, 2.05) is 17.7 Å². The van der Waals surface area contributed by atoms with E-state index in [2.05, 4.69) is 30.8 Å². The molecule has 0 aliphatic heterocycles. The van der Waals surface area contributed by atoms with Gasteiger partial charge in [-0.25, -0.2) is 13.8 Å². The third kappa shape index (κ3) is 4.88. The van der Waals surface area contributed by atoms with Crippen molar-refractivity contribution in [2.75, 3.05) is 18.0 Å². The first-order chi connectivity index (χ1) is 11.5. The number of halogens is 5. The zero-order valence-corrected chi connectivity index (χ0v) is 18.7. The molecular weight excluding hydrogens is 489 g/mol. The van der Waals surface area contributed by atoms with Crippen molar-refractivity contribution in [2.45, 2.75) is 26.3 Å². The number of anilines is 1. The van der Waals surface area contributed by atoms with Crippen molar-refractivity contribution in [3.8, 4) is 0 Å². The Balaban J connectivity index is 0.00000169. The molecule has 146 valence electrons. The van der Waals surface area contributed by atoms with Crippen molar-refractivity contribution in [3.05, 3.63) is 30.6 Å². The van der Waals surface area contributed by atoms with Crippen LogP contribution in [0.3, 0.4) is 0 Å². The average Bonchev–Trinajstić information content (AvgIpc) is 3.20. The molecule has 0 aliphatic carbocycles. The van der Waals surface area contributed by atoms with Gasteiger partial charge in [0.15, 0.2) is 0 Å². The van der Waals surface area contributed by atoms with Gasteiger partial charge in [-0.15, -0.1) is 47.5 Å². The summed E-state index contributed by atoms with van der Waals surface area (Å²) in [5, 5.41) is 3.99. The SMILES string of the molecule is Cc1c(CN(CCCN)c2nc3cscc3[nH]2)sc(C(F)F)c1Br.Cl.Cl. The highest BCUT2D eigenvalue weighted by atomic mass is 79.9. The third-order valence-electron chi connectivity index (χ3n) is 3.78. The van der Waals surface area contributed by atoms with Crippen molar-refractivity contribution < 1.29 is 8.78 Å². The lowest BCUT2D eigenvalue weighted by atomic mass is 10.2. The van der Waals surface area contributed by atoms with E-state index < -0.39 is 6.43 Å². The van der Waals surface area contributed by atoms with E-state index in [9.17, 15) is 8.78 Å². The summed E-state index contributed by atoms with van der Waals surface area (Å²) in [4.78, 5) is 11.0. The molecule has 4 nitrogen and oxygen atoms in total. The van der Waals surface area contributed by atoms with Crippen LogP contribution in [0.1, 0.15) is 28.2 Å². The van der Waals surface area contributed by atoms with E-state index >= 15 is 0 Å². The maximum Gasteiger partial charge on any atom is 0.273 e. The summed E-state index contributed by atoms with van der Waals surface area (Å²) >= 11 is 6.04. The lowest BCUT2D eigenvalue weighted by Gasteiger charge is -2.21. The summed E-state index contributed by atoms with van der Waals surface area (Å²) in [6.07, 6.45) is -1.66. The second-order valence-electron chi connectivity index (χ2n) is 5.42. The minimum atomic E-state index is -2.47. The monoisotopic (exact) mass is 506 g/mol. The smallest absolute Gasteiger partial charge is 0.273 e. The number of thiophene rings is 2. The zero-order chi connectivity index (χ0) is 17.3. The molecule has 3 N–H and O–H groups in total. The molecule has 3 rings (SSSR count). The lowest BCUT2D eigenvalue weighted by Crippen LogP contribution is -2.26. The van der Waals surface area contributed by atoms with Crippen LogP contribution >= 0.6 is 63.4 Å². The van der Waals surface area contributed by atoms with Gasteiger partial charge in [-0.3, -0.25) is 0 Å². The average molecular weight is 508 g/mol. The predicted molar refractivity (Wildman–Crippen MR) is 115 cm³/mol. The van der Waals surface area contributed by atoms with Crippen molar-refractivity contribution in [3.63, 3.8) is 0 Å². The Hall–Kier alpha value is -0.450. The Morgan fingerprint density at radius 2 is 2.08 bits per heavy atom. The number of hydrogen-bond donors (Lipinski definition) is 2. The summed E-state index contributed by atoms with van der Waals surface area (Å²) in [6.45, 7) is 3.68. The Kier molecular flexibility index (Phi) is 9.25. The highest BCUT2D eigenvalue weighted by Crippen LogP contribution is 2.39. The maximum atomic E-state index is 13.1. The van der Waals surface area contributed by atoms with Crippen molar-refractivity contribution >= 4 is 80.4 Å². The van der Waals surface area contributed by atoms with E-state index in [4.69, 9.17) is 5.73 Å². The Morgan fingerprint density at radius 1 is 1.35 bits per heavy atom. The first-order valence-corrected chi connectivity index (χ1v) is 9.99. The highest BCUT2D eigenvalue weighted by molar-refractivity contribution is 9.10. The van der Waals surface area contributed by atoms with Gasteiger partial charge in [0, 0.05) is 26.7 Å². The van der Waals surface area contributed by atoms with E-state index in [-0.39, 0.29) is 29.7 Å². The first kappa shape index (κ1) is 23.6. The Labute approximate surface area is 179 Å². The molecule has 3 heterocycles. The summed E-state index contributed by atoms with van der Waals surface area (Å²) in [5.41, 5.74) is 8.42. The fourth-order valence-corrected chi connectivity index (χ4v) is 5.00. The summed E-state index contributed by atoms with van der Waals surface area (Å²) in [5.74, 6) is 0.753. The van der Waals surface area contributed by atoms with Crippen LogP contribution in [0.4, 0.5) is 14.7 Å². The number of nitrogens with two attached hydrogens (primary N) is 1. The van der Waals surface area contributed by atoms with Crippen LogP contribution in [0.15, 0.2) is 15.2 Å². The Bertz CT molecular complexity index is 808. The largest absolute Gasteiger partial charge is 0.337 e. The number of rotatable bonds is 7. The van der Waals surface area contributed by atoms with Crippen LogP contribution in [-0.2, 0) is 6.54 Å². The Morgan fingerprint density at radius 3 is 2.65 bits per heavy atom. The van der Waals surface area contributed by atoms with E-state index in [0.717, 1.165) is 51.7 Å². The van der Waals surface area contributed by atoms with Crippen LogP contribution in [0, 0.1) is 6.92 Å². The molecule has 11 heteroatoms. The molecule has 26 heavy (non-hydrogen) atoms. The number of H-pyrrole nitrogens is 1. The number of imidazole rings is 1. The summed E-state index contributed by atoms with van der Waals surface area (Å²) in [7, 11) is 0. The van der Waals surface area contributed by atoms with Crippen molar-refractivity contribution in [1.82, 2.24) is 9.97 Å². The normalized spacial score (nSPS) is 10.8. The molecule has 0 saturated carbocycles. The van der Waals surface area contributed by atoms with Crippen LogP contribution in [0.5, 0.6) is 0 Å². The number of aromatic nitrogens is 2. The predicted octanol–water partition coefficient (Wildman–Crippen LogP) is 5.89. The second-order valence-corrected chi connectivity index (χ2v) is 8.10. The molecule has 0 aromatic carbocycles. The quantitative estimate of drug-likeness (QED) is 0.419. The zero-order valence-electron chi connectivity index (χ0n) is 13.8. The van der Waals surface area contributed by atoms with Crippen LogP contribution < -0.4 is 10.6 Å². The van der Waals surface area contributed by atoms with Crippen LogP contribution in [-0.4, -0.2) is 23.1 Å². The number of nitrogens with zero attached hydrogens (tertiary/aromatic N) is 2. The van der Waals surface area contributed by atoms with Crippen LogP contribution in [0.25, 0.3) is 11.0 Å². The fourth-order valence-electron chi connectivity index (χ4n) is 2.45. The number of alkyl halides is 2. The molecule has 0 fully saturated rings. The van der Waals surface area contributed by atoms with Gasteiger partial charge in [-0.2, -0.15) is 0 Å². The fraction of sp³-hybridized carbons (Fsp3) is 0.400. The number of aromatic amines is 1. The lowest BCUT2D eigenvalue weighted by molar-refractivity contribution is 0.155. The van der Waals surface area contributed by atoms with Gasteiger partial charge in [-0.05, 0) is 41.4 Å². The molecule has 0 spiro atoms. The van der Waals surface area contributed by atoms with Crippen LogP contribution in [0.2, 0.25) is 0 Å². The maximum absolute atomic E-state index is 13.1. The van der Waals surface area contributed by atoms with Gasteiger partial charge in [0.05, 0.1) is 16.9 Å². The van der Waals surface area contributed by atoms with E-state index in [0.29, 0.717) is 17.6 Å². The van der Waals surface area contributed by atoms with Gasteiger partial charge < -0.3 is 15.6 Å². The summed E-state index contributed by atoms with van der Waals surface area (Å²) < 4.78 is 26.7. The highest BCUT2D eigenvalue weighted by Gasteiger charge is 2.22. The number of fused-ring (bicyclic) bond motifs is 1. The van der Waals surface area contributed by atoms with Gasteiger partial charge in [0.25, 0.3) is 6.43 Å². The minimum Gasteiger partial charge on any atom is -0.337 e. The minimum absolute atomic E-state index is 0. The second kappa shape index (κ2) is 10.2. The molecule has 0 radical (unpaired) electrons. The number of nitrogens with one attached hydrogen (secondary N) is 1.